The highest BCUT2D eigenvalue weighted by Gasteiger charge is 2.35. The summed E-state index contributed by atoms with van der Waals surface area (Å²) in [5, 5.41) is 2.79. The third-order valence-corrected chi connectivity index (χ3v) is 6.69. The molecule has 2 aromatic rings. The molecule has 0 unspecified atom stereocenters. The van der Waals surface area contributed by atoms with E-state index in [4.69, 9.17) is 0 Å². The maximum atomic E-state index is 13.9. The average molecular weight is 405 g/mol. The number of aryl methyl sites for hydroxylation is 2. The van der Waals surface area contributed by atoms with Gasteiger partial charge in [-0.05, 0) is 43.5 Å². The second-order valence-electron chi connectivity index (χ2n) is 6.99. The Morgan fingerprint density at radius 2 is 1.82 bits per heavy atom. The van der Waals surface area contributed by atoms with Gasteiger partial charge in [0.05, 0.1) is 6.54 Å². The van der Waals surface area contributed by atoms with Crippen molar-refractivity contribution in [2.75, 3.05) is 25.0 Å². The molecule has 1 heterocycles. The number of amides is 1. The van der Waals surface area contributed by atoms with Gasteiger partial charge >= 0.3 is 0 Å². The van der Waals surface area contributed by atoms with Gasteiger partial charge in [0.2, 0.25) is 5.91 Å². The first-order valence-corrected chi connectivity index (χ1v) is 10.5. The van der Waals surface area contributed by atoms with Crippen LogP contribution < -0.4 is 5.32 Å². The van der Waals surface area contributed by atoms with Gasteiger partial charge in [-0.15, -0.1) is 0 Å². The van der Waals surface area contributed by atoms with Gasteiger partial charge in [0.1, 0.15) is 5.82 Å². The second-order valence-corrected chi connectivity index (χ2v) is 8.91. The predicted molar refractivity (Wildman–Crippen MR) is 106 cm³/mol. The SMILES string of the molecule is Cc1ccc(C)c(NC(=O)CN2CCCN(Cc3ccccc3F)S2(=O)=O)c1. The van der Waals surface area contributed by atoms with Gasteiger partial charge in [0.25, 0.3) is 10.2 Å². The van der Waals surface area contributed by atoms with Crippen LogP contribution in [-0.4, -0.2) is 42.6 Å². The molecule has 6 nitrogen and oxygen atoms in total. The van der Waals surface area contributed by atoms with Crippen molar-refractivity contribution < 1.29 is 17.6 Å². The predicted octanol–water partition coefficient (Wildman–Crippen LogP) is 2.83. The van der Waals surface area contributed by atoms with Crippen LogP contribution in [0.15, 0.2) is 42.5 Å². The van der Waals surface area contributed by atoms with Crippen LogP contribution in [0.4, 0.5) is 10.1 Å². The summed E-state index contributed by atoms with van der Waals surface area (Å²) < 4.78 is 42.1. The molecule has 1 fully saturated rings. The minimum atomic E-state index is -3.85. The van der Waals surface area contributed by atoms with Crippen molar-refractivity contribution in [2.24, 2.45) is 0 Å². The van der Waals surface area contributed by atoms with Crippen molar-refractivity contribution in [3.8, 4) is 0 Å². The zero-order valence-corrected chi connectivity index (χ0v) is 16.8. The van der Waals surface area contributed by atoms with Crippen LogP contribution in [0.1, 0.15) is 23.1 Å². The normalized spacial score (nSPS) is 17.4. The van der Waals surface area contributed by atoms with Crippen LogP contribution in [0, 0.1) is 19.7 Å². The van der Waals surface area contributed by atoms with E-state index in [-0.39, 0.29) is 19.6 Å². The largest absolute Gasteiger partial charge is 0.325 e. The molecule has 1 saturated heterocycles. The molecule has 3 rings (SSSR count). The van der Waals surface area contributed by atoms with E-state index < -0.39 is 21.9 Å². The number of benzene rings is 2. The minimum absolute atomic E-state index is 0.0515. The molecule has 0 bridgehead atoms. The van der Waals surface area contributed by atoms with Crippen molar-refractivity contribution in [3.05, 3.63) is 65.0 Å². The second kappa shape index (κ2) is 8.38. The third kappa shape index (κ3) is 4.57. The fourth-order valence-electron chi connectivity index (χ4n) is 3.18. The summed E-state index contributed by atoms with van der Waals surface area (Å²) in [6.45, 7) is 4.03. The van der Waals surface area contributed by atoms with Crippen molar-refractivity contribution in [1.29, 1.82) is 0 Å². The highest BCUT2D eigenvalue weighted by molar-refractivity contribution is 7.86. The lowest BCUT2D eigenvalue weighted by Gasteiger charge is -2.34. The quantitative estimate of drug-likeness (QED) is 0.832. The average Bonchev–Trinajstić information content (AvgIpc) is 2.63. The summed E-state index contributed by atoms with van der Waals surface area (Å²) in [5.74, 6) is -0.840. The van der Waals surface area contributed by atoms with Crippen LogP contribution >= 0.6 is 0 Å². The summed E-state index contributed by atoms with van der Waals surface area (Å²) in [7, 11) is -3.85. The summed E-state index contributed by atoms with van der Waals surface area (Å²) in [5.41, 5.74) is 2.89. The van der Waals surface area contributed by atoms with E-state index in [2.05, 4.69) is 5.32 Å². The molecular weight excluding hydrogens is 381 g/mol. The topological polar surface area (TPSA) is 69.7 Å². The Labute approximate surface area is 165 Å². The first kappa shape index (κ1) is 20.4. The molecular formula is C20H24FN3O3S. The Morgan fingerprint density at radius 3 is 2.57 bits per heavy atom. The molecule has 1 amide bonds. The van der Waals surface area contributed by atoms with E-state index in [1.54, 1.807) is 18.2 Å². The van der Waals surface area contributed by atoms with Gasteiger partial charge in [0.15, 0.2) is 0 Å². The van der Waals surface area contributed by atoms with E-state index >= 15 is 0 Å². The Balaban J connectivity index is 1.70. The van der Waals surface area contributed by atoms with Crippen molar-refractivity contribution in [2.45, 2.75) is 26.8 Å². The zero-order chi connectivity index (χ0) is 20.3. The number of nitrogens with one attached hydrogen (secondary N) is 1. The third-order valence-electron chi connectivity index (χ3n) is 4.76. The molecule has 0 aliphatic carbocycles. The van der Waals surface area contributed by atoms with Gasteiger partial charge in [-0.2, -0.15) is 17.0 Å². The van der Waals surface area contributed by atoms with E-state index in [1.807, 2.05) is 32.0 Å². The molecule has 28 heavy (non-hydrogen) atoms. The van der Waals surface area contributed by atoms with Gasteiger partial charge in [-0.3, -0.25) is 4.79 Å². The number of hydrogen-bond donors (Lipinski definition) is 1. The molecule has 150 valence electrons. The molecule has 1 aliphatic heterocycles. The maximum Gasteiger partial charge on any atom is 0.282 e. The molecule has 1 aliphatic rings. The van der Waals surface area contributed by atoms with Crippen molar-refractivity contribution >= 4 is 21.8 Å². The Morgan fingerprint density at radius 1 is 1.11 bits per heavy atom. The van der Waals surface area contributed by atoms with Crippen molar-refractivity contribution in [1.82, 2.24) is 8.61 Å². The van der Waals surface area contributed by atoms with E-state index in [0.29, 0.717) is 24.2 Å². The van der Waals surface area contributed by atoms with Crippen LogP contribution in [0.3, 0.4) is 0 Å². The maximum absolute atomic E-state index is 13.9. The lowest BCUT2D eigenvalue weighted by molar-refractivity contribution is -0.116. The molecule has 0 saturated carbocycles. The standard InChI is InChI=1S/C20H24FN3O3S/c1-15-8-9-16(2)19(12-15)22-20(25)14-24-11-5-10-23(28(24,26)27)13-17-6-3-4-7-18(17)21/h3-4,6-9,12H,5,10-11,13-14H2,1-2H3,(H,22,25). The van der Waals surface area contributed by atoms with Gasteiger partial charge in [-0.25, -0.2) is 4.39 Å². The molecule has 0 spiro atoms. The monoisotopic (exact) mass is 405 g/mol. The summed E-state index contributed by atoms with van der Waals surface area (Å²) in [6, 6.07) is 11.8. The highest BCUT2D eigenvalue weighted by Crippen LogP contribution is 2.21. The van der Waals surface area contributed by atoms with E-state index in [0.717, 1.165) is 15.4 Å². The smallest absolute Gasteiger partial charge is 0.282 e. The van der Waals surface area contributed by atoms with Crippen LogP contribution in [0.5, 0.6) is 0 Å². The molecule has 1 N–H and O–H groups in total. The van der Waals surface area contributed by atoms with Crippen LogP contribution in [0.2, 0.25) is 0 Å². The highest BCUT2D eigenvalue weighted by atomic mass is 32.2. The number of hydrogen-bond acceptors (Lipinski definition) is 3. The number of carbonyl (C=O) groups excluding carboxylic acids is 1. The first-order valence-electron chi connectivity index (χ1n) is 9.13. The summed E-state index contributed by atoms with van der Waals surface area (Å²) in [4.78, 5) is 12.5. The lowest BCUT2D eigenvalue weighted by Crippen LogP contribution is -2.51. The molecule has 0 aromatic heterocycles. The van der Waals surface area contributed by atoms with Crippen LogP contribution in [0.25, 0.3) is 0 Å². The summed E-state index contributed by atoms with van der Waals surface area (Å²) >= 11 is 0. The van der Waals surface area contributed by atoms with Gasteiger partial charge < -0.3 is 5.32 Å². The number of anilines is 1. The van der Waals surface area contributed by atoms with Crippen LogP contribution in [-0.2, 0) is 21.5 Å². The van der Waals surface area contributed by atoms with E-state index in [1.165, 1.54) is 10.4 Å². The van der Waals surface area contributed by atoms with E-state index in [9.17, 15) is 17.6 Å². The fourth-order valence-corrected chi connectivity index (χ4v) is 4.80. The Kier molecular flexibility index (Phi) is 6.12. The number of nitrogens with zero attached hydrogens (tertiary/aromatic N) is 2. The number of halogens is 1. The Hall–Kier alpha value is -2.29. The summed E-state index contributed by atoms with van der Waals surface area (Å²) in [6.07, 6.45) is 0.574. The number of rotatable bonds is 5. The Bertz CT molecular complexity index is 978. The molecule has 8 heteroatoms. The first-order chi connectivity index (χ1) is 13.3. The molecule has 0 radical (unpaired) electrons. The minimum Gasteiger partial charge on any atom is -0.325 e. The lowest BCUT2D eigenvalue weighted by atomic mass is 10.1. The number of carbonyl (C=O) groups is 1. The van der Waals surface area contributed by atoms with Crippen molar-refractivity contribution in [3.63, 3.8) is 0 Å². The van der Waals surface area contributed by atoms with Gasteiger partial charge in [0, 0.05) is 30.9 Å². The van der Waals surface area contributed by atoms with Gasteiger partial charge in [-0.1, -0.05) is 30.3 Å². The fraction of sp³-hybridized carbons (Fsp3) is 0.350. The zero-order valence-electron chi connectivity index (χ0n) is 16.0. The molecule has 2 aromatic carbocycles. The molecule has 0 atom stereocenters.